The molecule has 6 nitrogen and oxygen atoms in total. The first-order chi connectivity index (χ1) is 14.7. The summed E-state index contributed by atoms with van der Waals surface area (Å²) in [6, 6.07) is 8.11. The molecule has 0 unspecified atom stereocenters. The van der Waals surface area contributed by atoms with Crippen molar-refractivity contribution in [3.63, 3.8) is 0 Å². The summed E-state index contributed by atoms with van der Waals surface area (Å²) in [5.74, 6) is 1.48. The molecule has 0 radical (unpaired) electrons. The first-order valence-electron chi connectivity index (χ1n) is 10.3. The fourth-order valence-electron chi connectivity index (χ4n) is 4.24. The number of amides is 1. The van der Waals surface area contributed by atoms with Crippen molar-refractivity contribution in [1.29, 1.82) is 0 Å². The maximum atomic E-state index is 12.8. The van der Waals surface area contributed by atoms with Crippen LogP contribution in [0, 0.1) is 0 Å². The van der Waals surface area contributed by atoms with Gasteiger partial charge in [-0.25, -0.2) is 9.97 Å². The summed E-state index contributed by atoms with van der Waals surface area (Å²) >= 11 is 3.35. The van der Waals surface area contributed by atoms with E-state index in [0.29, 0.717) is 5.75 Å². The summed E-state index contributed by atoms with van der Waals surface area (Å²) in [5, 5.41) is 2.15. The quantitative estimate of drug-likeness (QED) is 0.446. The van der Waals surface area contributed by atoms with Crippen LogP contribution < -0.4 is 9.64 Å². The van der Waals surface area contributed by atoms with Gasteiger partial charge in [0.15, 0.2) is 0 Å². The van der Waals surface area contributed by atoms with Crippen LogP contribution in [0.2, 0.25) is 0 Å². The third-order valence-corrected chi connectivity index (χ3v) is 8.04. The van der Waals surface area contributed by atoms with Gasteiger partial charge < -0.3 is 14.5 Å². The zero-order valence-electron chi connectivity index (χ0n) is 17.0. The molecule has 3 heterocycles. The van der Waals surface area contributed by atoms with Crippen molar-refractivity contribution in [2.75, 3.05) is 43.9 Å². The van der Waals surface area contributed by atoms with Gasteiger partial charge in [-0.1, -0.05) is 11.8 Å². The molecule has 1 aliphatic heterocycles. The average molecular weight is 441 g/mol. The van der Waals surface area contributed by atoms with E-state index < -0.39 is 0 Å². The standard InChI is InChI=1S/C22H24N4O2S2/c1-28-16-7-5-15(6-8-16)25-9-11-26(12-10-25)19(27)13-29-21-20-17-3-2-4-18(17)30-22(20)24-14-23-21/h5-8,14H,2-4,9-13H2,1H3. The number of hydrogen-bond acceptors (Lipinski definition) is 7. The predicted octanol–water partition coefficient (Wildman–Crippen LogP) is 3.63. The number of anilines is 1. The average Bonchev–Trinajstić information content (AvgIpc) is 3.39. The monoisotopic (exact) mass is 440 g/mol. The number of thioether (sulfide) groups is 1. The maximum Gasteiger partial charge on any atom is 0.233 e. The Morgan fingerprint density at radius 1 is 1.13 bits per heavy atom. The van der Waals surface area contributed by atoms with Gasteiger partial charge in [0, 0.05) is 42.1 Å². The Labute approximate surface area is 184 Å². The molecule has 1 amide bonds. The normalized spacial score (nSPS) is 16.2. The molecular formula is C22H24N4O2S2. The van der Waals surface area contributed by atoms with Crippen LogP contribution in [-0.2, 0) is 17.6 Å². The Morgan fingerprint density at radius 2 is 1.93 bits per heavy atom. The lowest BCUT2D eigenvalue weighted by Crippen LogP contribution is -2.49. The number of fused-ring (bicyclic) bond motifs is 3. The summed E-state index contributed by atoms with van der Waals surface area (Å²) in [5.41, 5.74) is 2.59. The van der Waals surface area contributed by atoms with Crippen LogP contribution in [0.25, 0.3) is 10.2 Å². The second-order valence-electron chi connectivity index (χ2n) is 7.57. The molecule has 156 valence electrons. The number of carbonyl (C=O) groups excluding carboxylic acids is 1. The Bertz CT molecular complexity index is 1060. The number of aromatic nitrogens is 2. The Kier molecular flexibility index (Phi) is 5.52. The Morgan fingerprint density at radius 3 is 2.70 bits per heavy atom. The second kappa shape index (κ2) is 8.43. The van der Waals surface area contributed by atoms with E-state index in [9.17, 15) is 4.79 Å². The number of methoxy groups -OCH3 is 1. The van der Waals surface area contributed by atoms with E-state index in [1.54, 1.807) is 36.5 Å². The SMILES string of the molecule is COc1ccc(N2CCN(C(=O)CSc3ncnc4sc5c(c34)CCC5)CC2)cc1. The fourth-order valence-corrected chi connectivity index (χ4v) is 6.46. The number of nitrogens with zero attached hydrogens (tertiary/aromatic N) is 4. The molecule has 2 aromatic heterocycles. The van der Waals surface area contributed by atoms with E-state index in [4.69, 9.17) is 4.74 Å². The van der Waals surface area contributed by atoms with Gasteiger partial charge in [0.2, 0.25) is 5.91 Å². The molecule has 2 aliphatic rings. The number of rotatable bonds is 5. The van der Waals surface area contributed by atoms with Crippen molar-refractivity contribution < 1.29 is 9.53 Å². The molecule has 3 aromatic rings. The number of benzene rings is 1. The highest BCUT2D eigenvalue weighted by Crippen LogP contribution is 2.40. The molecule has 0 bridgehead atoms. The van der Waals surface area contributed by atoms with E-state index in [1.807, 2.05) is 17.0 Å². The van der Waals surface area contributed by atoms with Gasteiger partial charge in [-0.2, -0.15) is 0 Å². The van der Waals surface area contributed by atoms with E-state index >= 15 is 0 Å². The highest BCUT2D eigenvalue weighted by Gasteiger charge is 2.24. The molecule has 1 aliphatic carbocycles. The van der Waals surface area contributed by atoms with Gasteiger partial charge in [-0.15, -0.1) is 11.3 Å². The zero-order chi connectivity index (χ0) is 20.5. The summed E-state index contributed by atoms with van der Waals surface area (Å²) in [7, 11) is 1.68. The smallest absolute Gasteiger partial charge is 0.233 e. The van der Waals surface area contributed by atoms with Crippen molar-refractivity contribution >= 4 is 44.9 Å². The van der Waals surface area contributed by atoms with Crippen molar-refractivity contribution in [2.24, 2.45) is 0 Å². The summed E-state index contributed by atoms with van der Waals surface area (Å²) in [6.45, 7) is 3.19. The first kappa shape index (κ1) is 19.6. The highest BCUT2D eigenvalue weighted by molar-refractivity contribution is 8.00. The number of aryl methyl sites for hydroxylation is 2. The molecule has 0 atom stereocenters. The molecule has 1 saturated heterocycles. The minimum absolute atomic E-state index is 0.188. The Balaban J connectivity index is 1.20. The third kappa shape index (κ3) is 3.74. The van der Waals surface area contributed by atoms with Gasteiger partial charge in [0.1, 0.15) is 21.9 Å². The minimum atomic E-state index is 0.188. The third-order valence-electron chi connectivity index (χ3n) is 5.87. The fraction of sp³-hybridized carbons (Fsp3) is 0.409. The largest absolute Gasteiger partial charge is 0.497 e. The number of piperazine rings is 1. The lowest BCUT2D eigenvalue weighted by molar-refractivity contribution is -0.128. The van der Waals surface area contributed by atoms with Crippen LogP contribution in [0.1, 0.15) is 16.9 Å². The van der Waals surface area contributed by atoms with Gasteiger partial charge in [-0.3, -0.25) is 4.79 Å². The highest BCUT2D eigenvalue weighted by atomic mass is 32.2. The molecule has 8 heteroatoms. The molecule has 0 spiro atoms. The van der Waals surface area contributed by atoms with Gasteiger partial charge in [0.25, 0.3) is 0 Å². The number of ether oxygens (including phenoxy) is 1. The van der Waals surface area contributed by atoms with Crippen LogP contribution >= 0.6 is 23.1 Å². The van der Waals surface area contributed by atoms with Gasteiger partial charge in [-0.05, 0) is 49.1 Å². The summed E-state index contributed by atoms with van der Waals surface area (Å²) in [6.07, 6.45) is 5.11. The van der Waals surface area contributed by atoms with E-state index in [1.165, 1.54) is 27.9 Å². The van der Waals surface area contributed by atoms with Crippen LogP contribution in [0.15, 0.2) is 35.6 Å². The minimum Gasteiger partial charge on any atom is -0.497 e. The lowest BCUT2D eigenvalue weighted by Gasteiger charge is -2.36. The second-order valence-corrected chi connectivity index (χ2v) is 9.62. The van der Waals surface area contributed by atoms with Gasteiger partial charge >= 0.3 is 0 Å². The maximum absolute atomic E-state index is 12.8. The molecule has 1 fully saturated rings. The van der Waals surface area contributed by atoms with Crippen molar-refractivity contribution in [2.45, 2.75) is 24.3 Å². The number of carbonyl (C=O) groups is 1. The Hall–Kier alpha value is -2.32. The molecule has 0 saturated carbocycles. The van der Waals surface area contributed by atoms with Gasteiger partial charge in [0.05, 0.1) is 12.9 Å². The molecule has 0 N–H and O–H groups in total. The lowest BCUT2D eigenvalue weighted by atomic mass is 10.2. The van der Waals surface area contributed by atoms with Crippen molar-refractivity contribution in [3.05, 3.63) is 41.0 Å². The van der Waals surface area contributed by atoms with E-state index in [-0.39, 0.29) is 5.91 Å². The topological polar surface area (TPSA) is 58.6 Å². The summed E-state index contributed by atoms with van der Waals surface area (Å²) < 4.78 is 5.23. The zero-order valence-corrected chi connectivity index (χ0v) is 18.6. The van der Waals surface area contributed by atoms with Crippen molar-refractivity contribution in [1.82, 2.24) is 14.9 Å². The predicted molar refractivity (Wildman–Crippen MR) is 122 cm³/mol. The first-order valence-corrected chi connectivity index (χ1v) is 12.1. The van der Waals surface area contributed by atoms with Crippen molar-refractivity contribution in [3.8, 4) is 5.75 Å². The van der Waals surface area contributed by atoms with E-state index in [0.717, 1.165) is 54.6 Å². The van der Waals surface area contributed by atoms with Crippen LogP contribution in [-0.4, -0.2) is 59.8 Å². The molecular weight excluding hydrogens is 416 g/mol. The molecule has 1 aromatic carbocycles. The van der Waals surface area contributed by atoms with Crippen LogP contribution in [0.3, 0.4) is 0 Å². The van der Waals surface area contributed by atoms with E-state index in [2.05, 4.69) is 27.0 Å². The summed E-state index contributed by atoms with van der Waals surface area (Å²) in [4.78, 5) is 28.6. The van der Waals surface area contributed by atoms with Crippen LogP contribution in [0.5, 0.6) is 5.75 Å². The molecule has 5 rings (SSSR count). The number of hydrogen-bond donors (Lipinski definition) is 0. The van der Waals surface area contributed by atoms with Crippen LogP contribution in [0.4, 0.5) is 5.69 Å². The molecule has 30 heavy (non-hydrogen) atoms. The number of thiophene rings is 1.